The van der Waals surface area contributed by atoms with Crippen molar-refractivity contribution in [2.45, 2.75) is 25.8 Å². The normalized spacial score (nSPS) is 16.9. The van der Waals surface area contributed by atoms with Crippen LogP contribution >= 0.6 is 0 Å². The monoisotopic (exact) mass is 444 g/mol. The van der Waals surface area contributed by atoms with Gasteiger partial charge in [-0.2, -0.15) is 0 Å². The predicted molar refractivity (Wildman–Crippen MR) is 125 cm³/mol. The Bertz CT molecular complexity index is 1430. The predicted octanol–water partition coefficient (Wildman–Crippen LogP) is 2.55. The molecule has 1 saturated heterocycles. The van der Waals surface area contributed by atoms with Crippen LogP contribution in [0.3, 0.4) is 0 Å². The zero-order valence-corrected chi connectivity index (χ0v) is 18.2. The first-order chi connectivity index (χ1) is 16.0. The molecule has 1 aromatic carbocycles. The van der Waals surface area contributed by atoms with Gasteiger partial charge in [-0.1, -0.05) is 30.3 Å². The third-order valence-electron chi connectivity index (χ3n) is 5.96. The number of rotatable bonds is 4. The van der Waals surface area contributed by atoms with Gasteiger partial charge in [-0.05, 0) is 30.5 Å². The lowest BCUT2D eigenvalue weighted by molar-refractivity contribution is -0.130. The lowest BCUT2D eigenvalue weighted by Gasteiger charge is -2.34. The Morgan fingerprint density at radius 3 is 2.82 bits per heavy atom. The number of imidazole rings is 1. The lowest BCUT2D eigenvalue weighted by Crippen LogP contribution is -2.45. The molecule has 3 aromatic heterocycles. The number of pyridine rings is 1. The van der Waals surface area contributed by atoms with Crippen LogP contribution in [0.25, 0.3) is 28.1 Å². The van der Waals surface area contributed by atoms with E-state index in [2.05, 4.69) is 20.3 Å². The van der Waals surface area contributed by atoms with E-state index in [4.69, 9.17) is 0 Å². The maximum Gasteiger partial charge on any atom is 0.326 e. The van der Waals surface area contributed by atoms with E-state index < -0.39 is 0 Å². The highest BCUT2D eigenvalue weighted by molar-refractivity contribution is 6.02. The number of carbonyl (C=O) groups excluding carboxylic acids is 2. The summed E-state index contributed by atoms with van der Waals surface area (Å²) in [5.74, 6) is -0.575. The first-order valence-electron chi connectivity index (χ1n) is 10.9. The van der Waals surface area contributed by atoms with E-state index in [-0.39, 0.29) is 29.2 Å². The van der Waals surface area contributed by atoms with E-state index in [9.17, 15) is 14.4 Å². The lowest BCUT2D eigenvalue weighted by atomic mass is 10.0. The number of aromatic nitrogens is 4. The number of carbonyl (C=O) groups is 2. The Morgan fingerprint density at radius 2 is 2.03 bits per heavy atom. The number of nitrogens with zero attached hydrogens (tertiary/aromatic N) is 3. The minimum atomic E-state index is -0.311. The highest BCUT2D eigenvalue weighted by Crippen LogP contribution is 2.28. The number of H-pyrrole nitrogens is 2. The van der Waals surface area contributed by atoms with Gasteiger partial charge in [0, 0.05) is 31.6 Å². The van der Waals surface area contributed by atoms with Gasteiger partial charge in [0.15, 0.2) is 0 Å². The fourth-order valence-electron chi connectivity index (χ4n) is 4.55. The second kappa shape index (κ2) is 8.42. The summed E-state index contributed by atoms with van der Waals surface area (Å²) in [4.78, 5) is 50.1. The molecule has 0 aliphatic carbocycles. The molecule has 168 valence electrons. The summed E-state index contributed by atoms with van der Waals surface area (Å²) in [7, 11) is 0. The Kier molecular flexibility index (Phi) is 5.29. The van der Waals surface area contributed by atoms with Gasteiger partial charge >= 0.3 is 5.69 Å². The maximum absolute atomic E-state index is 13.4. The zero-order chi connectivity index (χ0) is 22.9. The number of likely N-dealkylation sites (tertiary alicyclic amines) is 1. The van der Waals surface area contributed by atoms with Crippen LogP contribution in [0.5, 0.6) is 0 Å². The van der Waals surface area contributed by atoms with Gasteiger partial charge in [-0.25, -0.2) is 9.78 Å². The Hall–Kier alpha value is -4.14. The molecule has 1 fully saturated rings. The Morgan fingerprint density at radius 1 is 1.21 bits per heavy atom. The molecule has 0 unspecified atom stereocenters. The molecule has 9 nitrogen and oxygen atoms in total. The quantitative estimate of drug-likeness (QED) is 0.420. The second-order valence-corrected chi connectivity index (χ2v) is 8.26. The van der Waals surface area contributed by atoms with Crippen molar-refractivity contribution in [3.63, 3.8) is 0 Å². The number of hydrogen-bond donors (Lipinski definition) is 3. The average Bonchev–Trinajstić information content (AvgIpc) is 3.42. The van der Waals surface area contributed by atoms with Crippen LogP contribution in [-0.2, 0) is 9.59 Å². The number of amides is 2. The zero-order valence-electron chi connectivity index (χ0n) is 18.2. The van der Waals surface area contributed by atoms with Gasteiger partial charge in [-0.3, -0.25) is 14.2 Å². The molecule has 4 aromatic rings. The summed E-state index contributed by atoms with van der Waals surface area (Å²) in [6.07, 6.45) is 6.64. The number of benzene rings is 1. The molecule has 0 spiro atoms. The third-order valence-corrected chi connectivity index (χ3v) is 5.96. The average molecular weight is 444 g/mol. The van der Waals surface area contributed by atoms with E-state index in [0.717, 1.165) is 29.3 Å². The molecule has 0 saturated carbocycles. The van der Waals surface area contributed by atoms with Crippen molar-refractivity contribution in [3.05, 3.63) is 70.5 Å². The smallest absolute Gasteiger partial charge is 0.326 e. The van der Waals surface area contributed by atoms with Gasteiger partial charge in [0.2, 0.25) is 5.91 Å². The highest BCUT2D eigenvalue weighted by atomic mass is 16.2. The molecule has 0 radical (unpaired) electrons. The summed E-state index contributed by atoms with van der Waals surface area (Å²) in [6.45, 7) is 2.30. The van der Waals surface area contributed by atoms with Crippen LogP contribution in [0, 0.1) is 0 Å². The van der Waals surface area contributed by atoms with Crippen LogP contribution in [0.15, 0.2) is 59.3 Å². The van der Waals surface area contributed by atoms with Crippen LogP contribution in [0.4, 0.5) is 0 Å². The van der Waals surface area contributed by atoms with Crippen LogP contribution in [0.1, 0.15) is 31.4 Å². The van der Waals surface area contributed by atoms with E-state index >= 15 is 0 Å². The molecular weight excluding hydrogens is 420 g/mol. The molecule has 1 aliphatic heterocycles. The topological polar surface area (TPSA) is 116 Å². The molecule has 2 amide bonds. The molecular formula is C24H24N6O3. The minimum absolute atomic E-state index is 0.195. The van der Waals surface area contributed by atoms with Gasteiger partial charge in [0.25, 0.3) is 5.91 Å². The van der Waals surface area contributed by atoms with Crippen molar-refractivity contribution in [1.82, 2.24) is 29.7 Å². The summed E-state index contributed by atoms with van der Waals surface area (Å²) in [5, 5.41) is 3.54. The molecule has 9 heteroatoms. The van der Waals surface area contributed by atoms with E-state index in [1.807, 2.05) is 36.4 Å². The van der Waals surface area contributed by atoms with Crippen molar-refractivity contribution in [3.8, 4) is 0 Å². The largest absolute Gasteiger partial charge is 0.346 e. The van der Waals surface area contributed by atoms with Gasteiger partial charge < -0.3 is 20.2 Å². The summed E-state index contributed by atoms with van der Waals surface area (Å²) in [5.41, 5.74) is 2.97. The third kappa shape index (κ3) is 3.93. The molecule has 5 rings (SSSR count). The van der Waals surface area contributed by atoms with Crippen molar-refractivity contribution >= 4 is 40.0 Å². The van der Waals surface area contributed by atoms with E-state index in [0.29, 0.717) is 24.3 Å². The molecule has 1 atom stereocenters. The van der Waals surface area contributed by atoms with Crippen LogP contribution in [-0.4, -0.2) is 49.3 Å². The van der Waals surface area contributed by atoms with Crippen molar-refractivity contribution in [2.24, 2.45) is 0 Å². The van der Waals surface area contributed by atoms with Gasteiger partial charge in [-0.15, -0.1) is 0 Å². The van der Waals surface area contributed by atoms with Gasteiger partial charge in [0.05, 0.1) is 23.3 Å². The van der Waals surface area contributed by atoms with E-state index in [1.54, 1.807) is 27.9 Å². The number of hydrogen-bond acceptors (Lipinski definition) is 4. The number of fused-ring (bicyclic) bond motifs is 3. The van der Waals surface area contributed by atoms with Crippen LogP contribution in [0.2, 0.25) is 0 Å². The minimum Gasteiger partial charge on any atom is -0.346 e. The molecule has 0 bridgehead atoms. The number of piperidine rings is 1. The summed E-state index contributed by atoms with van der Waals surface area (Å²) >= 11 is 0. The first kappa shape index (κ1) is 20.7. The molecule has 33 heavy (non-hydrogen) atoms. The second-order valence-electron chi connectivity index (χ2n) is 8.26. The van der Waals surface area contributed by atoms with Gasteiger partial charge in [0.1, 0.15) is 11.3 Å². The van der Waals surface area contributed by atoms with Crippen LogP contribution < -0.4 is 11.0 Å². The fourth-order valence-corrected chi connectivity index (χ4v) is 4.55. The van der Waals surface area contributed by atoms with E-state index in [1.165, 1.54) is 6.92 Å². The SMILES string of the molecule is CC(=O)NC(=Cc1ccccc1)C(=O)N1CCC[C@@H](n2c(=O)[nH]c3cnc4[nH]ccc4c32)C1. The molecule has 3 N–H and O–H groups in total. The standard InChI is InChI=1S/C24H24N6O3/c1-15(31)27-19(12-16-6-3-2-4-7-16)23(32)29-11-5-8-17(14-29)30-21-18-9-10-25-22(18)26-13-20(21)28-24(30)33/h2-4,6-7,9-10,12-13,17H,5,8,11,14H2,1H3,(H,25,26)(H,27,31)(H,28,33)/t17-/m1/s1. The first-order valence-corrected chi connectivity index (χ1v) is 10.9. The van der Waals surface area contributed by atoms with Crippen molar-refractivity contribution in [2.75, 3.05) is 13.1 Å². The Labute approximate surface area is 189 Å². The van der Waals surface area contributed by atoms with Crippen molar-refractivity contribution < 1.29 is 9.59 Å². The highest BCUT2D eigenvalue weighted by Gasteiger charge is 2.29. The van der Waals surface area contributed by atoms with Crippen molar-refractivity contribution in [1.29, 1.82) is 0 Å². The summed E-state index contributed by atoms with van der Waals surface area (Å²) < 4.78 is 1.74. The fraction of sp³-hybridized carbons (Fsp3) is 0.250. The molecule has 4 heterocycles. The summed E-state index contributed by atoms with van der Waals surface area (Å²) in [6, 6.07) is 11.1. The number of aromatic amines is 2. The molecule has 1 aliphatic rings. The maximum atomic E-state index is 13.4. The number of nitrogens with one attached hydrogen (secondary N) is 3. The Balaban J connectivity index is 1.48.